The summed E-state index contributed by atoms with van der Waals surface area (Å²) in [7, 11) is 1.59. The number of piperidine rings is 1. The summed E-state index contributed by atoms with van der Waals surface area (Å²) < 4.78 is 18.2. The minimum absolute atomic E-state index is 0.0808. The molecule has 1 aliphatic rings. The number of nitrogens with two attached hydrogens (primary N) is 1. The molecule has 1 aliphatic heterocycles. The number of unbranched alkanes of at least 4 members (excludes halogenated alkanes) is 2. The number of rotatable bonds is 13. The van der Waals surface area contributed by atoms with Crippen LogP contribution in [0.5, 0.6) is 12.0 Å². The fourth-order valence-electron chi connectivity index (χ4n) is 4.29. The highest BCUT2D eigenvalue weighted by atomic mass is 16.5. The van der Waals surface area contributed by atoms with Gasteiger partial charge in [-0.2, -0.15) is 15.0 Å². The summed E-state index contributed by atoms with van der Waals surface area (Å²) in [4.78, 5) is 27.5. The zero-order chi connectivity index (χ0) is 23.6. The van der Waals surface area contributed by atoms with Crippen molar-refractivity contribution in [2.45, 2.75) is 65.3 Å². The van der Waals surface area contributed by atoms with Crippen molar-refractivity contribution in [1.29, 1.82) is 0 Å². The first-order valence-corrected chi connectivity index (χ1v) is 12.1. The number of anilines is 1. The molecule has 3 rings (SSSR count). The summed E-state index contributed by atoms with van der Waals surface area (Å²) in [5.74, 6) is 0.605. The molecule has 2 aromatic heterocycles. The number of aromatic nitrogens is 4. The number of aryl methyl sites for hydroxylation is 1. The molecule has 0 saturated carbocycles. The van der Waals surface area contributed by atoms with E-state index in [1.165, 1.54) is 0 Å². The zero-order valence-electron chi connectivity index (χ0n) is 20.2. The largest absolute Gasteiger partial charge is 0.468 e. The fraction of sp³-hybridized carbons (Fsp3) is 0.739. The predicted octanol–water partition coefficient (Wildman–Crippen LogP) is 3.04. The third-order valence-corrected chi connectivity index (χ3v) is 5.95. The van der Waals surface area contributed by atoms with Crippen LogP contribution in [0.2, 0.25) is 0 Å². The van der Waals surface area contributed by atoms with Crippen LogP contribution in [0, 0.1) is 5.92 Å². The van der Waals surface area contributed by atoms with Gasteiger partial charge in [-0.3, -0.25) is 9.36 Å². The lowest BCUT2D eigenvalue weighted by atomic mass is 9.94. The average molecular weight is 463 g/mol. The maximum atomic E-state index is 11.8. The Morgan fingerprint density at radius 2 is 1.97 bits per heavy atom. The maximum Gasteiger partial charge on any atom is 0.320 e. The Hall–Kier alpha value is -2.62. The van der Waals surface area contributed by atoms with Crippen LogP contribution < -0.4 is 15.2 Å². The molecule has 1 saturated heterocycles. The van der Waals surface area contributed by atoms with E-state index in [1.807, 2.05) is 11.5 Å². The Bertz CT molecular complexity index is 903. The number of methoxy groups -OCH3 is 1. The number of nitrogen functional groups attached to an aromatic ring is 1. The van der Waals surface area contributed by atoms with E-state index in [9.17, 15) is 4.79 Å². The summed E-state index contributed by atoms with van der Waals surface area (Å²) in [6.07, 6.45) is 6.67. The van der Waals surface area contributed by atoms with Crippen LogP contribution in [0.1, 0.15) is 58.8 Å². The Morgan fingerprint density at radius 3 is 2.73 bits per heavy atom. The smallest absolute Gasteiger partial charge is 0.320 e. The highest BCUT2D eigenvalue weighted by Crippen LogP contribution is 2.26. The second-order valence-corrected chi connectivity index (χ2v) is 8.54. The number of nitrogens with zero attached hydrogens (tertiary/aromatic N) is 5. The molecule has 1 unspecified atom stereocenters. The van der Waals surface area contributed by atoms with Gasteiger partial charge in [0.1, 0.15) is 0 Å². The van der Waals surface area contributed by atoms with Gasteiger partial charge in [-0.05, 0) is 58.0 Å². The molecule has 0 bridgehead atoms. The minimum Gasteiger partial charge on any atom is -0.468 e. The molecule has 1 atom stereocenters. The van der Waals surface area contributed by atoms with Crippen molar-refractivity contribution in [3.63, 3.8) is 0 Å². The third kappa shape index (κ3) is 6.93. The van der Waals surface area contributed by atoms with Crippen molar-refractivity contribution in [2.75, 3.05) is 45.7 Å². The van der Waals surface area contributed by atoms with E-state index < -0.39 is 0 Å². The number of carbonyl (C=O) groups is 1. The third-order valence-electron chi connectivity index (χ3n) is 5.95. The van der Waals surface area contributed by atoms with E-state index in [0.29, 0.717) is 55.1 Å². The number of hydrogen-bond donors (Lipinski definition) is 1. The van der Waals surface area contributed by atoms with E-state index in [4.69, 9.17) is 19.9 Å². The SMILES string of the molecule is CCCCOc1nc(N)c2nc(OC)n(CCCCN3CCCC(CC(=O)OCC)C3)c2n1. The highest BCUT2D eigenvalue weighted by Gasteiger charge is 2.23. The highest BCUT2D eigenvalue weighted by molar-refractivity contribution is 5.83. The second kappa shape index (κ2) is 12.6. The number of ether oxygens (including phenoxy) is 3. The first kappa shape index (κ1) is 25.0. The Labute approximate surface area is 195 Å². The molecule has 1 fully saturated rings. The van der Waals surface area contributed by atoms with Crippen LogP contribution in [-0.2, 0) is 16.1 Å². The van der Waals surface area contributed by atoms with Gasteiger partial charge in [-0.1, -0.05) is 13.3 Å². The molecule has 10 nitrogen and oxygen atoms in total. The number of carbonyl (C=O) groups excluding carboxylic acids is 1. The van der Waals surface area contributed by atoms with Crippen molar-refractivity contribution >= 4 is 23.0 Å². The Balaban J connectivity index is 1.56. The summed E-state index contributed by atoms with van der Waals surface area (Å²) in [6, 6.07) is 0.752. The summed E-state index contributed by atoms with van der Waals surface area (Å²) in [6.45, 7) is 8.71. The van der Waals surface area contributed by atoms with Crippen LogP contribution in [0.25, 0.3) is 11.2 Å². The molecular weight excluding hydrogens is 424 g/mol. The van der Waals surface area contributed by atoms with Crippen LogP contribution in [0.4, 0.5) is 5.82 Å². The Kier molecular flexibility index (Phi) is 9.53. The van der Waals surface area contributed by atoms with Gasteiger partial charge in [0.15, 0.2) is 17.0 Å². The van der Waals surface area contributed by atoms with Gasteiger partial charge in [-0.25, -0.2) is 0 Å². The van der Waals surface area contributed by atoms with E-state index in [2.05, 4.69) is 26.8 Å². The van der Waals surface area contributed by atoms with Gasteiger partial charge in [0, 0.05) is 19.5 Å². The van der Waals surface area contributed by atoms with E-state index in [0.717, 1.165) is 58.2 Å². The number of fused-ring (bicyclic) bond motifs is 1. The lowest BCUT2D eigenvalue weighted by Gasteiger charge is -2.32. The molecule has 33 heavy (non-hydrogen) atoms. The van der Waals surface area contributed by atoms with Crippen molar-refractivity contribution < 1.29 is 19.0 Å². The fourth-order valence-corrected chi connectivity index (χ4v) is 4.29. The zero-order valence-corrected chi connectivity index (χ0v) is 20.2. The molecule has 0 aliphatic carbocycles. The molecule has 0 amide bonds. The predicted molar refractivity (Wildman–Crippen MR) is 126 cm³/mol. The molecule has 2 aromatic rings. The molecule has 2 N–H and O–H groups in total. The van der Waals surface area contributed by atoms with Crippen molar-refractivity contribution in [2.24, 2.45) is 5.92 Å². The topological polar surface area (TPSA) is 118 Å². The van der Waals surface area contributed by atoms with Crippen molar-refractivity contribution in [1.82, 2.24) is 24.4 Å². The van der Waals surface area contributed by atoms with Crippen molar-refractivity contribution in [3.05, 3.63) is 0 Å². The van der Waals surface area contributed by atoms with E-state index >= 15 is 0 Å². The monoisotopic (exact) mass is 462 g/mol. The molecule has 184 valence electrons. The molecule has 3 heterocycles. The van der Waals surface area contributed by atoms with Gasteiger partial charge < -0.3 is 24.8 Å². The van der Waals surface area contributed by atoms with Gasteiger partial charge in [0.05, 0.1) is 20.3 Å². The van der Waals surface area contributed by atoms with Crippen LogP contribution >= 0.6 is 0 Å². The molecule has 0 radical (unpaired) electrons. The first-order chi connectivity index (χ1) is 16.0. The van der Waals surface area contributed by atoms with E-state index in [1.54, 1.807) is 7.11 Å². The average Bonchev–Trinajstić information content (AvgIpc) is 3.15. The normalized spacial score (nSPS) is 16.8. The molecule has 10 heteroatoms. The quantitative estimate of drug-likeness (QED) is 0.354. The van der Waals surface area contributed by atoms with Gasteiger partial charge in [-0.15, -0.1) is 0 Å². The minimum atomic E-state index is -0.0808. The summed E-state index contributed by atoms with van der Waals surface area (Å²) in [5.41, 5.74) is 7.29. The first-order valence-electron chi connectivity index (χ1n) is 12.1. The van der Waals surface area contributed by atoms with Gasteiger partial charge >= 0.3 is 12.0 Å². The Morgan fingerprint density at radius 1 is 1.15 bits per heavy atom. The number of hydrogen-bond acceptors (Lipinski definition) is 9. The number of esters is 1. The molecule has 0 aromatic carbocycles. The molecule has 0 spiro atoms. The summed E-state index contributed by atoms with van der Waals surface area (Å²) >= 11 is 0. The second-order valence-electron chi connectivity index (χ2n) is 8.54. The van der Waals surface area contributed by atoms with E-state index in [-0.39, 0.29) is 12.0 Å². The standard InChI is InChI=1S/C23H38N6O4/c1-4-6-14-33-22-26-20(24)19-21(27-22)29(23(25-19)31-3)13-8-7-11-28-12-9-10-17(16-28)15-18(30)32-5-2/h17H,4-16H2,1-3H3,(H2,24,26,27). The summed E-state index contributed by atoms with van der Waals surface area (Å²) in [5, 5.41) is 0. The lowest BCUT2D eigenvalue weighted by Crippen LogP contribution is -2.37. The van der Waals surface area contributed by atoms with Gasteiger partial charge in [0.25, 0.3) is 6.01 Å². The van der Waals surface area contributed by atoms with Crippen LogP contribution in [-0.4, -0.2) is 70.3 Å². The van der Waals surface area contributed by atoms with Gasteiger partial charge in [0.2, 0.25) is 0 Å². The molecular formula is C23H38N6O4. The maximum absolute atomic E-state index is 11.8. The number of likely N-dealkylation sites (tertiary alicyclic amines) is 1. The number of imidazole rings is 1. The van der Waals surface area contributed by atoms with Crippen molar-refractivity contribution in [3.8, 4) is 12.0 Å². The van der Waals surface area contributed by atoms with Crippen LogP contribution in [0.3, 0.4) is 0 Å². The van der Waals surface area contributed by atoms with Crippen LogP contribution in [0.15, 0.2) is 0 Å². The lowest BCUT2D eigenvalue weighted by molar-refractivity contribution is -0.144.